The fraction of sp³-hybridized carbons (Fsp3) is 0.308. The molecular formula is C13H15NO4. The van der Waals surface area contributed by atoms with Gasteiger partial charge in [0.25, 0.3) is 0 Å². The highest BCUT2D eigenvalue weighted by Crippen LogP contribution is 2.06. The van der Waals surface area contributed by atoms with Crippen molar-refractivity contribution in [2.45, 2.75) is 25.8 Å². The molecule has 1 aromatic carbocycles. The molecule has 0 aliphatic carbocycles. The summed E-state index contributed by atoms with van der Waals surface area (Å²) in [5.41, 5.74) is 0.939. The molecule has 1 atom stereocenters. The fourth-order valence-corrected chi connectivity index (χ4v) is 1.67. The van der Waals surface area contributed by atoms with Crippen molar-refractivity contribution in [2.75, 3.05) is 0 Å². The highest BCUT2D eigenvalue weighted by Gasteiger charge is 2.20. The summed E-state index contributed by atoms with van der Waals surface area (Å²) in [6, 6.07) is 8.78. The van der Waals surface area contributed by atoms with Crippen molar-refractivity contribution >= 4 is 17.7 Å². The maximum Gasteiger partial charge on any atom is 0.372 e. The average Bonchev–Trinajstić information content (AvgIpc) is 2.29. The van der Waals surface area contributed by atoms with E-state index in [2.05, 4.69) is 5.32 Å². The third kappa shape index (κ3) is 4.78. The molecule has 18 heavy (non-hydrogen) atoms. The van der Waals surface area contributed by atoms with E-state index in [0.29, 0.717) is 6.42 Å². The van der Waals surface area contributed by atoms with Crippen molar-refractivity contribution in [3.05, 3.63) is 35.9 Å². The summed E-state index contributed by atoms with van der Waals surface area (Å²) in [5.74, 6) is -2.66. The molecule has 1 amide bonds. The summed E-state index contributed by atoms with van der Waals surface area (Å²) in [6.07, 6.45) is 0.225. The van der Waals surface area contributed by atoms with Gasteiger partial charge in [-0.1, -0.05) is 30.3 Å². The fourth-order valence-electron chi connectivity index (χ4n) is 1.67. The van der Waals surface area contributed by atoms with Gasteiger partial charge in [0, 0.05) is 19.4 Å². The number of nitrogens with one attached hydrogen (secondary N) is 1. The molecule has 1 rings (SSSR count). The van der Waals surface area contributed by atoms with E-state index in [1.54, 1.807) is 0 Å². The standard InChI is InChI=1S/C13H15NO4/c1-9(15)14-11(8-12(16)13(17)18)7-10-5-3-2-4-6-10/h2-6,11H,7-8H2,1H3,(H,14,15)(H,17,18)/t11-/m0/s1. The van der Waals surface area contributed by atoms with Crippen molar-refractivity contribution < 1.29 is 19.5 Å². The van der Waals surface area contributed by atoms with Gasteiger partial charge in [0.05, 0.1) is 0 Å². The van der Waals surface area contributed by atoms with Crippen LogP contribution in [0.2, 0.25) is 0 Å². The molecule has 0 aromatic heterocycles. The van der Waals surface area contributed by atoms with Crippen LogP contribution in [-0.4, -0.2) is 28.8 Å². The Balaban J connectivity index is 2.69. The maximum atomic E-state index is 11.2. The highest BCUT2D eigenvalue weighted by atomic mass is 16.4. The molecule has 0 heterocycles. The van der Waals surface area contributed by atoms with Crippen molar-refractivity contribution in [3.8, 4) is 0 Å². The summed E-state index contributed by atoms with van der Waals surface area (Å²) in [6.45, 7) is 1.34. The number of carbonyl (C=O) groups is 3. The number of benzene rings is 1. The molecule has 0 spiro atoms. The lowest BCUT2D eigenvalue weighted by Crippen LogP contribution is -2.37. The molecule has 0 unspecified atom stereocenters. The largest absolute Gasteiger partial charge is 0.476 e. The number of ketones is 1. The second kappa shape index (κ2) is 6.54. The molecule has 0 saturated heterocycles. The number of aliphatic carboxylic acids is 1. The van der Waals surface area contributed by atoms with E-state index in [0.717, 1.165) is 5.56 Å². The SMILES string of the molecule is CC(=O)N[C@H](CC(=O)C(=O)O)Cc1ccccc1. The van der Waals surface area contributed by atoms with Gasteiger partial charge in [-0.15, -0.1) is 0 Å². The van der Waals surface area contributed by atoms with Crippen LogP contribution in [0.1, 0.15) is 18.9 Å². The number of hydrogen-bond acceptors (Lipinski definition) is 3. The molecule has 5 nitrogen and oxygen atoms in total. The predicted molar refractivity (Wildman–Crippen MR) is 65.0 cm³/mol. The van der Waals surface area contributed by atoms with E-state index in [1.807, 2.05) is 30.3 Å². The lowest BCUT2D eigenvalue weighted by Gasteiger charge is -2.16. The molecule has 0 aliphatic heterocycles. The first kappa shape index (κ1) is 13.9. The maximum absolute atomic E-state index is 11.2. The van der Waals surface area contributed by atoms with Crippen LogP contribution in [0.25, 0.3) is 0 Å². The zero-order valence-corrected chi connectivity index (χ0v) is 10.1. The number of amides is 1. The topological polar surface area (TPSA) is 83.5 Å². The van der Waals surface area contributed by atoms with E-state index in [1.165, 1.54) is 6.92 Å². The lowest BCUT2D eigenvalue weighted by molar-refractivity contribution is -0.149. The minimum atomic E-state index is -1.47. The van der Waals surface area contributed by atoms with Crippen LogP contribution in [0, 0.1) is 0 Å². The molecular weight excluding hydrogens is 234 g/mol. The van der Waals surface area contributed by atoms with Crippen LogP contribution < -0.4 is 5.32 Å². The summed E-state index contributed by atoms with van der Waals surface area (Å²) in [4.78, 5) is 32.7. The molecule has 0 saturated carbocycles. The minimum Gasteiger partial charge on any atom is -0.476 e. The van der Waals surface area contributed by atoms with Crippen LogP contribution in [0.3, 0.4) is 0 Å². The van der Waals surface area contributed by atoms with Crippen molar-refractivity contribution in [2.24, 2.45) is 0 Å². The average molecular weight is 249 g/mol. The molecule has 0 bridgehead atoms. The quantitative estimate of drug-likeness (QED) is 0.730. The predicted octanol–water partition coefficient (Wildman–Crippen LogP) is 0.778. The van der Waals surface area contributed by atoms with E-state index in [4.69, 9.17) is 5.11 Å². The van der Waals surface area contributed by atoms with Gasteiger partial charge in [-0.2, -0.15) is 0 Å². The van der Waals surface area contributed by atoms with Gasteiger partial charge < -0.3 is 10.4 Å². The van der Waals surface area contributed by atoms with E-state index >= 15 is 0 Å². The number of hydrogen-bond donors (Lipinski definition) is 2. The van der Waals surface area contributed by atoms with Crippen molar-refractivity contribution in [1.29, 1.82) is 0 Å². The molecule has 0 aliphatic rings. The Morgan fingerprint density at radius 1 is 1.22 bits per heavy atom. The van der Waals surface area contributed by atoms with Gasteiger partial charge in [0.15, 0.2) is 0 Å². The van der Waals surface area contributed by atoms with E-state index in [9.17, 15) is 14.4 Å². The second-order valence-electron chi connectivity index (χ2n) is 4.02. The molecule has 0 fully saturated rings. The third-order valence-electron chi connectivity index (χ3n) is 2.40. The summed E-state index contributed by atoms with van der Waals surface area (Å²) < 4.78 is 0. The van der Waals surface area contributed by atoms with E-state index in [-0.39, 0.29) is 12.3 Å². The van der Waals surface area contributed by atoms with Gasteiger partial charge in [-0.3, -0.25) is 9.59 Å². The first-order valence-electron chi connectivity index (χ1n) is 5.56. The summed E-state index contributed by atoms with van der Waals surface area (Å²) >= 11 is 0. The third-order valence-corrected chi connectivity index (χ3v) is 2.40. The van der Waals surface area contributed by atoms with E-state index < -0.39 is 17.8 Å². The van der Waals surface area contributed by atoms with Crippen molar-refractivity contribution in [1.82, 2.24) is 5.32 Å². The molecule has 96 valence electrons. The Hall–Kier alpha value is -2.17. The Labute approximate surface area is 105 Å². The minimum absolute atomic E-state index is 0.205. The Morgan fingerprint density at radius 3 is 2.33 bits per heavy atom. The van der Waals surface area contributed by atoms with Gasteiger partial charge >= 0.3 is 5.97 Å². The van der Waals surface area contributed by atoms with Crippen molar-refractivity contribution in [3.63, 3.8) is 0 Å². The van der Waals surface area contributed by atoms with Crippen LogP contribution in [0.15, 0.2) is 30.3 Å². The molecule has 1 aromatic rings. The van der Waals surface area contributed by atoms with Gasteiger partial charge in [-0.05, 0) is 12.0 Å². The smallest absolute Gasteiger partial charge is 0.372 e. The van der Waals surface area contributed by atoms with Gasteiger partial charge in [0.1, 0.15) is 0 Å². The molecule has 2 N–H and O–H groups in total. The van der Waals surface area contributed by atoms with Gasteiger partial charge in [-0.25, -0.2) is 4.79 Å². The van der Waals surface area contributed by atoms with Gasteiger partial charge in [0.2, 0.25) is 11.7 Å². The first-order chi connectivity index (χ1) is 8.49. The zero-order valence-electron chi connectivity index (χ0n) is 10.1. The van der Waals surface area contributed by atoms with Crippen LogP contribution in [-0.2, 0) is 20.8 Å². The number of rotatable bonds is 6. The highest BCUT2D eigenvalue weighted by molar-refractivity contribution is 6.32. The lowest BCUT2D eigenvalue weighted by atomic mass is 10.0. The van der Waals surface area contributed by atoms with Crippen LogP contribution in [0.4, 0.5) is 0 Å². The van der Waals surface area contributed by atoms with Crippen LogP contribution >= 0.6 is 0 Å². The van der Waals surface area contributed by atoms with Crippen LogP contribution in [0.5, 0.6) is 0 Å². The Morgan fingerprint density at radius 2 is 1.83 bits per heavy atom. The number of Topliss-reactive ketones (excluding diaryl/α,β-unsaturated/α-hetero) is 1. The zero-order chi connectivity index (χ0) is 13.5. The Bertz CT molecular complexity index is 442. The molecule has 0 radical (unpaired) electrons. The summed E-state index contributed by atoms with van der Waals surface area (Å²) in [5, 5.41) is 11.2. The second-order valence-corrected chi connectivity index (χ2v) is 4.02. The number of carboxylic acids is 1. The first-order valence-corrected chi connectivity index (χ1v) is 5.56. The Kier molecular flexibility index (Phi) is 5.05. The monoisotopic (exact) mass is 249 g/mol. The normalized spacial score (nSPS) is 11.6. The summed E-state index contributed by atoms with van der Waals surface area (Å²) in [7, 11) is 0. The number of carbonyl (C=O) groups excluding carboxylic acids is 2. The number of carboxylic acid groups (broad SMARTS) is 1. The molecule has 5 heteroatoms.